The fourth-order valence-corrected chi connectivity index (χ4v) is 4.51. The molecule has 3 rings (SSSR count). The SMILES string of the molecule is CCOC(=O)/C(NN)=C(/N)Sc1ccc(-c2cccc(C3CCCCC3)c2)cc1. The van der Waals surface area contributed by atoms with E-state index in [0.29, 0.717) is 5.92 Å². The van der Waals surface area contributed by atoms with Crippen LogP contribution in [0.15, 0.2) is 64.2 Å². The van der Waals surface area contributed by atoms with E-state index >= 15 is 0 Å². The zero-order valence-corrected chi connectivity index (χ0v) is 17.6. The van der Waals surface area contributed by atoms with E-state index in [-0.39, 0.29) is 17.3 Å². The van der Waals surface area contributed by atoms with Gasteiger partial charge in [0.2, 0.25) is 0 Å². The van der Waals surface area contributed by atoms with Gasteiger partial charge in [0, 0.05) is 4.90 Å². The highest BCUT2D eigenvalue weighted by Gasteiger charge is 2.16. The first-order chi connectivity index (χ1) is 14.1. The lowest BCUT2D eigenvalue weighted by Crippen LogP contribution is -2.30. The van der Waals surface area contributed by atoms with Gasteiger partial charge in [-0.3, -0.25) is 5.84 Å². The van der Waals surface area contributed by atoms with Gasteiger partial charge in [0.05, 0.1) is 6.61 Å². The second-order valence-electron chi connectivity index (χ2n) is 7.19. The first kappa shape index (κ1) is 21.3. The number of rotatable bonds is 7. The molecule has 0 heterocycles. The number of hydrazine groups is 1. The fraction of sp³-hybridized carbons (Fsp3) is 0.348. The van der Waals surface area contributed by atoms with E-state index in [1.807, 2.05) is 12.1 Å². The lowest BCUT2D eigenvalue weighted by molar-refractivity contribution is -0.139. The number of thioether (sulfide) groups is 1. The molecule has 1 fully saturated rings. The number of hydrogen-bond acceptors (Lipinski definition) is 6. The molecule has 1 aliphatic rings. The number of ether oxygens (including phenoxy) is 1. The first-order valence-corrected chi connectivity index (χ1v) is 11.0. The van der Waals surface area contributed by atoms with Gasteiger partial charge < -0.3 is 15.9 Å². The second-order valence-corrected chi connectivity index (χ2v) is 8.31. The van der Waals surface area contributed by atoms with Crippen molar-refractivity contribution in [3.05, 3.63) is 64.8 Å². The summed E-state index contributed by atoms with van der Waals surface area (Å²) in [6.45, 7) is 1.99. The topological polar surface area (TPSA) is 90.4 Å². The number of esters is 1. The molecule has 5 nitrogen and oxygen atoms in total. The van der Waals surface area contributed by atoms with E-state index in [2.05, 4.69) is 41.8 Å². The Kier molecular flexibility index (Phi) is 7.61. The molecule has 0 spiro atoms. The summed E-state index contributed by atoms with van der Waals surface area (Å²) in [4.78, 5) is 12.8. The van der Waals surface area contributed by atoms with E-state index in [0.717, 1.165) is 10.5 Å². The molecule has 29 heavy (non-hydrogen) atoms. The van der Waals surface area contributed by atoms with Crippen molar-refractivity contribution in [2.75, 3.05) is 6.61 Å². The molecule has 2 aromatic rings. The minimum absolute atomic E-state index is 0.0705. The summed E-state index contributed by atoms with van der Waals surface area (Å²) in [6, 6.07) is 17.0. The van der Waals surface area contributed by atoms with E-state index in [4.69, 9.17) is 16.3 Å². The Morgan fingerprint density at radius 1 is 1.10 bits per heavy atom. The zero-order chi connectivity index (χ0) is 20.6. The van der Waals surface area contributed by atoms with Crippen LogP contribution in [0.4, 0.5) is 0 Å². The largest absolute Gasteiger partial charge is 0.461 e. The molecule has 0 atom stereocenters. The first-order valence-electron chi connectivity index (χ1n) is 10.1. The normalized spacial score (nSPS) is 15.5. The third kappa shape index (κ3) is 5.55. The Hall–Kier alpha value is -2.44. The average molecular weight is 412 g/mol. The molecule has 6 heteroatoms. The van der Waals surface area contributed by atoms with Crippen LogP contribution in [-0.2, 0) is 9.53 Å². The Balaban J connectivity index is 1.74. The van der Waals surface area contributed by atoms with Crippen LogP contribution in [0.25, 0.3) is 11.1 Å². The van der Waals surface area contributed by atoms with E-state index < -0.39 is 5.97 Å². The van der Waals surface area contributed by atoms with Crippen molar-refractivity contribution in [2.24, 2.45) is 11.6 Å². The van der Waals surface area contributed by atoms with Crippen LogP contribution in [0.3, 0.4) is 0 Å². The summed E-state index contributed by atoms with van der Waals surface area (Å²) in [7, 11) is 0. The highest BCUT2D eigenvalue weighted by molar-refractivity contribution is 8.03. The third-order valence-corrected chi connectivity index (χ3v) is 6.18. The number of hydrogen-bond donors (Lipinski definition) is 3. The molecule has 5 N–H and O–H groups in total. The Morgan fingerprint density at radius 3 is 2.48 bits per heavy atom. The molecule has 0 saturated heterocycles. The summed E-state index contributed by atoms with van der Waals surface area (Å²) in [5.74, 6) is 5.56. The number of nitrogens with one attached hydrogen (secondary N) is 1. The van der Waals surface area contributed by atoms with Gasteiger partial charge in [-0.2, -0.15) is 0 Å². The van der Waals surface area contributed by atoms with Gasteiger partial charge in [0.1, 0.15) is 5.03 Å². The maximum absolute atomic E-state index is 11.9. The predicted octanol–water partition coefficient (Wildman–Crippen LogP) is 4.65. The van der Waals surface area contributed by atoms with Crippen LogP contribution in [0.1, 0.15) is 50.5 Å². The Labute approximate surface area is 176 Å². The van der Waals surface area contributed by atoms with Gasteiger partial charge in [-0.25, -0.2) is 4.79 Å². The number of benzene rings is 2. The highest BCUT2D eigenvalue weighted by atomic mass is 32.2. The predicted molar refractivity (Wildman–Crippen MR) is 119 cm³/mol. The van der Waals surface area contributed by atoms with E-state index in [1.54, 1.807) is 6.92 Å². The molecule has 1 saturated carbocycles. The van der Waals surface area contributed by atoms with E-state index in [1.165, 1.54) is 55.0 Å². The molecular formula is C23H29N3O2S. The summed E-state index contributed by atoms with van der Waals surface area (Å²) in [5, 5.41) is 0.276. The van der Waals surface area contributed by atoms with Crippen molar-refractivity contribution in [1.29, 1.82) is 0 Å². The highest BCUT2D eigenvalue weighted by Crippen LogP contribution is 2.35. The zero-order valence-electron chi connectivity index (χ0n) is 16.8. The van der Waals surface area contributed by atoms with Crippen molar-refractivity contribution in [1.82, 2.24) is 5.43 Å². The van der Waals surface area contributed by atoms with Gasteiger partial charge in [-0.15, -0.1) is 0 Å². The van der Waals surface area contributed by atoms with Crippen molar-refractivity contribution in [3.8, 4) is 11.1 Å². The van der Waals surface area contributed by atoms with Crippen LogP contribution in [0, 0.1) is 0 Å². The van der Waals surface area contributed by atoms with Crippen LogP contribution >= 0.6 is 11.8 Å². The monoisotopic (exact) mass is 411 g/mol. The van der Waals surface area contributed by atoms with Crippen LogP contribution < -0.4 is 17.0 Å². The Morgan fingerprint density at radius 2 is 1.83 bits per heavy atom. The van der Waals surface area contributed by atoms with Gasteiger partial charge >= 0.3 is 5.97 Å². The van der Waals surface area contributed by atoms with Gasteiger partial charge in [0.25, 0.3) is 0 Å². The van der Waals surface area contributed by atoms with Crippen molar-refractivity contribution < 1.29 is 9.53 Å². The summed E-state index contributed by atoms with van der Waals surface area (Å²) in [5.41, 5.74) is 12.3. The van der Waals surface area contributed by atoms with Crippen LogP contribution in [0.5, 0.6) is 0 Å². The summed E-state index contributed by atoms with van der Waals surface area (Å²) < 4.78 is 4.96. The summed E-state index contributed by atoms with van der Waals surface area (Å²) >= 11 is 1.27. The summed E-state index contributed by atoms with van der Waals surface area (Å²) in [6.07, 6.45) is 6.62. The fourth-order valence-electron chi connectivity index (χ4n) is 3.74. The molecule has 0 unspecified atom stereocenters. The van der Waals surface area contributed by atoms with Crippen LogP contribution in [0.2, 0.25) is 0 Å². The molecule has 0 bridgehead atoms. The molecule has 0 radical (unpaired) electrons. The number of carbonyl (C=O) groups excluding carboxylic acids is 1. The minimum atomic E-state index is -0.559. The minimum Gasteiger partial charge on any atom is -0.461 e. The molecular weight excluding hydrogens is 382 g/mol. The van der Waals surface area contributed by atoms with Gasteiger partial charge in [-0.05, 0) is 54.5 Å². The molecule has 1 aliphatic carbocycles. The maximum Gasteiger partial charge on any atom is 0.358 e. The van der Waals surface area contributed by atoms with Crippen molar-refractivity contribution >= 4 is 17.7 Å². The van der Waals surface area contributed by atoms with Gasteiger partial charge in [0.15, 0.2) is 5.70 Å². The Bertz CT molecular complexity index is 859. The molecule has 0 aliphatic heterocycles. The number of carbonyl (C=O) groups is 1. The average Bonchev–Trinajstić information content (AvgIpc) is 2.76. The smallest absolute Gasteiger partial charge is 0.358 e. The van der Waals surface area contributed by atoms with E-state index in [9.17, 15) is 4.79 Å². The standard InChI is InChI=1S/C23H29N3O2S/c1-2-28-23(27)21(26-25)22(24)29-20-13-11-17(12-14-20)19-10-6-9-18(15-19)16-7-4-3-5-8-16/h6,9-16,26H,2-5,7-8,24-25H2,1H3/b22-21+. The third-order valence-electron chi connectivity index (χ3n) is 5.25. The number of nitrogens with two attached hydrogens (primary N) is 2. The lowest BCUT2D eigenvalue weighted by Gasteiger charge is -2.22. The van der Waals surface area contributed by atoms with Crippen LogP contribution in [-0.4, -0.2) is 12.6 Å². The van der Waals surface area contributed by atoms with Crippen molar-refractivity contribution in [2.45, 2.75) is 49.8 Å². The van der Waals surface area contributed by atoms with Crippen molar-refractivity contribution in [3.63, 3.8) is 0 Å². The quantitative estimate of drug-likeness (QED) is 0.202. The second kappa shape index (κ2) is 10.4. The molecule has 0 amide bonds. The molecule has 0 aromatic heterocycles. The van der Waals surface area contributed by atoms with Gasteiger partial charge in [-0.1, -0.05) is 67.4 Å². The molecule has 2 aromatic carbocycles. The lowest BCUT2D eigenvalue weighted by atomic mass is 9.83. The molecule has 154 valence electrons. The maximum atomic E-state index is 11.9.